The molecule has 3 atom stereocenters. The zero-order valence-electron chi connectivity index (χ0n) is 56.3. The van der Waals surface area contributed by atoms with Crippen molar-refractivity contribution in [2.75, 3.05) is 0 Å². The predicted molar refractivity (Wildman–Crippen MR) is 437 cm³/mol. The minimum absolute atomic E-state index is 0.526. The molecule has 105 heavy (non-hydrogen) atoms. The van der Waals surface area contributed by atoms with Crippen molar-refractivity contribution >= 4 is 135 Å². The molecule has 11 heteroatoms. The topological polar surface area (TPSA) is 91.8 Å². The number of nitrogens with zero attached hydrogens (tertiary/aromatic N) is 5. The van der Waals surface area contributed by atoms with Crippen LogP contribution in [0.25, 0.3) is 150 Å². The standard InChI is InChI=1S/C94H58N5O3P3/c100-103(65-31-4-1-5-32-65)88-46-19-13-40-71(88)77-52-74-68-37-10-16-43-82(68)97(85(74)56-91(77)103)62-28-22-25-59(49-62)80-55-81(60-26-23-29-63(50-60)98-83-44-17-11-38-69(83)75-53-78-72-41-14-20-47-89(72)104(101,92(78)57-86(75)98)66-33-6-2-7-34-66)96-94(95-80)61-27-24-30-64(51-61)99-84-45-18-12-39-70(84)76-54-79-73-42-15-21-48-90(73)105(102,93(79)58-87(76)99)67-35-8-3-9-36-67/h1-58H. The van der Waals surface area contributed by atoms with E-state index in [1.54, 1.807) is 0 Å². The van der Waals surface area contributed by atoms with Gasteiger partial charge in [0.2, 0.25) is 0 Å². The lowest BCUT2D eigenvalue weighted by Gasteiger charge is -2.17. The molecule has 0 aliphatic carbocycles. The van der Waals surface area contributed by atoms with Crippen LogP contribution in [0.15, 0.2) is 352 Å². The minimum Gasteiger partial charge on any atom is -0.309 e. The van der Waals surface area contributed by atoms with Gasteiger partial charge in [-0.1, -0.05) is 255 Å². The summed E-state index contributed by atoms with van der Waals surface area (Å²) in [5.41, 5.74) is 18.7. The van der Waals surface area contributed by atoms with Crippen molar-refractivity contribution in [3.63, 3.8) is 0 Å². The van der Waals surface area contributed by atoms with Crippen LogP contribution in [-0.4, -0.2) is 23.7 Å². The Morgan fingerprint density at radius 1 is 0.210 bits per heavy atom. The van der Waals surface area contributed by atoms with Crippen LogP contribution in [0.3, 0.4) is 0 Å². The molecule has 8 nitrogen and oxygen atoms in total. The summed E-state index contributed by atoms with van der Waals surface area (Å²) < 4.78 is 55.4. The Balaban J connectivity index is 0.744. The van der Waals surface area contributed by atoms with E-state index in [2.05, 4.69) is 220 Å². The first kappa shape index (κ1) is 60.1. The van der Waals surface area contributed by atoms with E-state index >= 15 is 13.7 Å². The number of hydrogen-bond acceptors (Lipinski definition) is 5. The molecule has 3 aliphatic heterocycles. The van der Waals surface area contributed by atoms with E-state index in [4.69, 9.17) is 9.97 Å². The lowest BCUT2D eigenvalue weighted by molar-refractivity contribution is 0.592. The first-order valence-electron chi connectivity index (χ1n) is 35.4. The molecule has 0 saturated carbocycles. The average molecular weight is 1400 g/mol. The van der Waals surface area contributed by atoms with Crippen LogP contribution in [-0.2, 0) is 13.7 Å². The van der Waals surface area contributed by atoms with E-state index in [1.165, 1.54) is 0 Å². The van der Waals surface area contributed by atoms with Gasteiger partial charge in [0.15, 0.2) is 27.3 Å². The van der Waals surface area contributed by atoms with Crippen molar-refractivity contribution < 1.29 is 13.7 Å². The fourth-order valence-corrected chi connectivity index (χ4v) is 26.8. The van der Waals surface area contributed by atoms with Gasteiger partial charge in [-0.05, 0) is 130 Å². The van der Waals surface area contributed by atoms with Gasteiger partial charge in [0.05, 0.1) is 44.5 Å². The van der Waals surface area contributed by atoms with Crippen molar-refractivity contribution in [3.05, 3.63) is 352 Å². The SMILES string of the molecule is O=P1(c2ccccc2)c2ccccc2-c2cc3c4ccccc4n(-c4cccc(-c5cc(-c6cccc(-n7c8ccccc8c8cc9c(cc87)P(=O)(c7ccccc7)c7ccccc7-9)c6)nc(-c6cccc(-n7c8ccccc8c8cc9c(cc87)P(=O)(c7ccccc7)c7ccccc7-9)c6)n5)c4)c3cc21. The number of para-hydroxylation sites is 3. The van der Waals surface area contributed by atoms with Gasteiger partial charge in [-0.25, -0.2) is 9.97 Å². The molecule has 0 fully saturated rings. The summed E-state index contributed by atoms with van der Waals surface area (Å²) in [7, 11) is -9.89. The predicted octanol–water partition coefficient (Wildman–Crippen LogP) is 19.6. The van der Waals surface area contributed by atoms with Crippen LogP contribution in [0.2, 0.25) is 0 Å². The molecule has 0 saturated heterocycles. The van der Waals surface area contributed by atoms with Gasteiger partial charge in [-0.3, -0.25) is 0 Å². The lowest BCUT2D eigenvalue weighted by Crippen LogP contribution is -2.20. The molecule has 15 aromatic carbocycles. The van der Waals surface area contributed by atoms with Crippen LogP contribution in [0.1, 0.15) is 0 Å². The summed E-state index contributed by atoms with van der Waals surface area (Å²) >= 11 is 0. The Hall–Kier alpha value is -12.5. The number of hydrogen-bond donors (Lipinski definition) is 0. The Morgan fingerprint density at radius 2 is 0.505 bits per heavy atom. The maximum absolute atomic E-state index is 16.2. The molecule has 19 aromatic rings. The molecule has 3 aliphatic rings. The number of rotatable bonds is 9. The Kier molecular flexibility index (Phi) is 12.9. The zero-order chi connectivity index (χ0) is 69.4. The van der Waals surface area contributed by atoms with E-state index in [1.807, 2.05) is 146 Å². The highest BCUT2D eigenvalue weighted by atomic mass is 31.2. The van der Waals surface area contributed by atoms with E-state index < -0.39 is 21.4 Å². The van der Waals surface area contributed by atoms with Crippen molar-refractivity contribution in [1.29, 1.82) is 0 Å². The summed E-state index contributed by atoms with van der Waals surface area (Å²) in [6.45, 7) is 0. The van der Waals surface area contributed by atoms with Crippen molar-refractivity contribution in [2.45, 2.75) is 0 Å². The summed E-state index contributed by atoms with van der Waals surface area (Å²) in [6.07, 6.45) is 0. The number of benzene rings is 15. The van der Waals surface area contributed by atoms with Crippen LogP contribution >= 0.6 is 21.4 Å². The molecule has 0 radical (unpaired) electrons. The van der Waals surface area contributed by atoms with Gasteiger partial charge < -0.3 is 27.4 Å². The summed E-state index contributed by atoms with van der Waals surface area (Å²) in [5.74, 6) is 0.526. The summed E-state index contributed by atoms with van der Waals surface area (Å²) in [6, 6.07) is 121. The van der Waals surface area contributed by atoms with Gasteiger partial charge in [0, 0.05) is 114 Å². The van der Waals surface area contributed by atoms with Crippen molar-refractivity contribution in [2.24, 2.45) is 0 Å². The first-order chi connectivity index (χ1) is 51.7. The Morgan fingerprint density at radius 3 is 0.857 bits per heavy atom. The highest BCUT2D eigenvalue weighted by molar-refractivity contribution is 7.87. The molecular formula is C94H58N5O3P3. The zero-order valence-corrected chi connectivity index (χ0v) is 59.0. The van der Waals surface area contributed by atoms with Crippen molar-refractivity contribution in [1.82, 2.24) is 23.7 Å². The average Bonchev–Trinajstić information content (AvgIpc) is 1.55. The van der Waals surface area contributed by atoms with Gasteiger partial charge >= 0.3 is 0 Å². The third-order valence-corrected chi connectivity index (χ3v) is 31.7. The highest BCUT2D eigenvalue weighted by Crippen LogP contribution is 2.57. The second kappa shape index (κ2) is 22.5. The molecule has 492 valence electrons. The molecule has 4 aromatic heterocycles. The molecule has 22 rings (SSSR count). The largest absolute Gasteiger partial charge is 0.309 e. The van der Waals surface area contributed by atoms with E-state index in [9.17, 15) is 0 Å². The molecular weight excluding hydrogens is 1340 g/mol. The normalized spacial score (nSPS) is 16.8. The monoisotopic (exact) mass is 1400 g/mol. The molecule has 0 N–H and O–H groups in total. The Labute approximate surface area is 604 Å². The highest BCUT2D eigenvalue weighted by Gasteiger charge is 2.44. The molecule has 0 amide bonds. The summed E-state index contributed by atoms with van der Waals surface area (Å²) in [4.78, 5) is 11.3. The van der Waals surface area contributed by atoms with Crippen LogP contribution in [0.4, 0.5) is 0 Å². The van der Waals surface area contributed by atoms with Crippen LogP contribution in [0.5, 0.6) is 0 Å². The maximum atomic E-state index is 16.2. The second-order valence-corrected chi connectivity index (χ2v) is 35.8. The fourth-order valence-electron chi connectivity index (χ4n) is 17.6. The van der Waals surface area contributed by atoms with Gasteiger partial charge in [0.25, 0.3) is 0 Å². The smallest absolute Gasteiger partial charge is 0.172 e. The number of aromatic nitrogens is 5. The molecule has 3 unspecified atom stereocenters. The van der Waals surface area contributed by atoms with Crippen LogP contribution < -0.4 is 47.7 Å². The van der Waals surface area contributed by atoms with E-state index in [-0.39, 0.29) is 0 Å². The van der Waals surface area contributed by atoms with E-state index in [0.717, 1.165) is 180 Å². The lowest BCUT2D eigenvalue weighted by atomic mass is 10.0. The van der Waals surface area contributed by atoms with Gasteiger partial charge in [-0.2, -0.15) is 0 Å². The maximum Gasteiger partial charge on any atom is 0.172 e. The minimum atomic E-state index is -3.30. The molecule has 7 heterocycles. The number of fused-ring (bicyclic) bond motifs is 18. The quantitative estimate of drug-likeness (QED) is 0.134. The Bertz CT molecular complexity index is 6470. The molecule has 0 bridgehead atoms. The first-order valence-corrected chi connectivity index (χ1v) is 40.5. The third kappa shape index (κ3) is 8.50. The fraction of sp³-hybridized carbons (Fsp3) is 0. The van der Waals surface area contributed by atoms with Gasteiger partial charge in [-0.15, -0.1) is 0 Å². The van der Waals surface area contributed by atoms with Crippen molar-refractivity contribution in [3.8, 4) is 84.3 Å². The van der Waals surface area contributed by atoms with E-state index in [0.29, 0.717) is 17.2 Å². The third-order valence-electron chi connectivity index (χ3n) is 22.2. The second-order valence-electron chi connectivity index (χ2n) is 27.7. The van der Waals surface area contributed by atoms with Crippen LogP contribution in [0, 0.1) is 0 Å². The summed E-state index contributed by atoms with van der Waals surface area (Å²) in [5, 5.41) is 14.0. The molecule has 0 spiro atoms. The van der Waals surface area contributed by atoms with Gasteiger partial charge in [0.1, 0.15) is 0 Å².